The molecule has 1 heterocycles. The topological polar surface area (TPSA) is 102 Å². The zero-order chi connectivity index (χ0) is 25.7. The Balaban J connectivity index is 1.43. The molecule has 2 N–H and O–H groups in total. The van der Waals surface area contributed by atoms with Gasteiger partial charge in [-0.3, -0.25) is 4.79 Å². The summed E-state index contributed by atoms with van der Waals surface area (Å²) in [4.78, 5) is 29.2. The van der Waals surface area contributed by atoms with Crippen molar-refractivity contribution >= 4 is 11.9 Å². The zero-order valence-corrected chi connectivity index (χ0v) is 21.8. The molecule has 7 heteroatoms. The molecule has 0 aliphatic heterocycles. The summed E-state index contributed by atoms with van der Waals surface area (Å²) < 4.78 is 12.7. The first-order valence-corrected chi connectivity index (χ1v) is 13.5. The Morgan fingerprint density at radius 2 is 1.81 bits per heavy atom. The predicted octanol–water partition coefficient (Wildman–Crippen LogP) is 6.00. The van der Waals surface area contributed by atoms with Crippen molar-refractivity contribution in [3.8, 4) is 11.5 Å². The summed E-state index contributed by atoms with van der Waals surface area (Å²) in [6, 6.07) is 7.35. The van der Waals surface area contributed by atoms with Crippen LogP contribution in [0.5, 0.6) is 0 Å². The van der Waals surface area contributed by atoms with Gasteiger partial charge in [0.1, 0.15) is 17.5 Å². The van der Waals surface area contributed by atoms with Gasteiger partial charge in [-0.15, -0.1) is 0 Å². The van der Waals surface area contributed by atoms with Gasteiger partial charge in [-0.1, -0.05) is 57.2 Å². The fourth-order valence-electron chi connectivity index (χ4n) is 5.49. The fourth-order valence-corrected chi connectivity index (χ4v) is 5.49. The second kappa shape index (κ2) is 12.0. The van der Waals surface area contributed by atoms with Crippen molar-refractivity contribution in [2.24, 2.45) is 11.8 Å². The number of hydrogen-bond acceptors (Lipinski definition) is 5. The van der Waals surface area contributed by atoms with Crippen molar-refractivity contribution < 1.29 is 23.8 Å². The van der Waals surface area contributed by atoms with Gasteiger partial charge in [0.05, 0.1) is 12.7 Å². The molecule has 36 heavy (non-hydrogen) atoms. The molecule has 2 aliphatic carbocycles. The maximum atomic E-state index is 12.8. The first kappa shape index (κ1) is 26.4. The Labute approximate surface area is 214 Å². The van der Waals surface area contributed by atoms with Gasteiger partial charge < -0.3 is 19.6 Å². The number of carbonyl (C=O) groups excluding carboxylic acids is 1. The number of amides is 1. The molecule has 0 saturated heterocycles. The van der Waals surface area contributed by atoms with Crippen LogP contribution >= 0.6 is 0 Å². The largest absolute Gasteiger partial charge is 0.480 e. The number of aliphatic carboxylic acids is 1. The standard InChI is InChI=1S/C29H40N2O5/c1-18(2)25(29(33)34)31-27(32)22-10-7-11-23(16-22)35-17-24-26(20-8-5-4-6-9-20)36-28(30-24)21-14-12-19(3)13-15-21/h12-15,18,20,22-23,25H,4-11,16-17H2,1-3H3,(H,31,32)(H,33,34)/t22?,23?,25-/m1/s1. The highest BCUT2D eigenvalue weighted by atomic mass is 16.5. The van der Waals surface area contributed by atoms with Crippen molar-refractivity contribution in [3.05, 3.63) is 41.3 Å². The molecule has 2 saturated carbocycles. The molecule has 196 valence electrons. The number of nitrogens with one attached hydrogen (secondary N) is 1. The number of aryl methyl sites for hydroxylation is 1. The van der Waals surface area contributed by atoms with E-state index >= 15 is 0 Å². The van der Waals surface area contributed by atoms with Gasteiger partial charge in [0.25, 0.3) is 0 Å². The van der Waals surface area contributed by atoms with E-state index in [4.69, 9.17) is 14.1 Å². The molecule has 4 rings (SSSR count). The number of carboxylic acid groups (broad SMARTS) is 1. The molecule has 3 atom stereocenters. The van der Waals surface area contributed by atoms with Crippen LogP contribution in [-0.4, -0.2) is 34.1 Å². The van der Waals surface area contributed by atoms with Crippen LogP contribution in [0.4, 0.5) is 0 Å². The predicted molar refractivity (Wildman–Crippen MR) is 137 cm³/mol. The van der Waals surface area contributed by atoms with Crippen LogP contribution in [0.3, 0.4) is 0 Å². The van der Waals surface area contributed by atoms with Crippen LogP contribution in [-0.2, 0) is 20.9 Å². The maximum Gasteiger partial charge on any atom is 0.326 e. The second-order valence-electron chi connectivity index (χ2n) is 10.9. The first-order valence-electron chi connectivity index (χ1n) is 13.5. The normalized spacial score (nSPS) is 21.9. The van der Waals surface area contributed by atoms with Crippen molar-refractivity contribution in [2.75, 3.05) is 0 Å². The molecule has 1 aromatic heterocycles. The van der Waals surface area contributed by atoms with E-state index in [0.717, 1.165) is 49.1 Å². The third-order valence-corrected chi connectivity index (χ3v) is 7.69. The van der Waals surface area contributed by atoms with Gasteiger partial charge in [-0.2, -0.15) is 0 Å². The first-order chi connectivity index (χ1) is 17.3. The lowest BCUT2D eigenvalue weighted by Crippen LogP contribution is -2.47. The molecule has 0 radical (unpaired) electrons. The van der Waals surface area contributed by atoms with Crippen LogP contribution in [0.1, 0.15) is 94.6 Å². The molecule has 0 bridgehead atoms. The van der Waals surface area contributed by atoms with Crippen LogP contribution in [0.25, 0.3) is 11.5 Å². The summed E-state index contributed by atoms with van der Waals surface area (Å²) in [5.41, 5.74) is 3.03. The monoisotopic (exact) mass is 496 g/mol. The van der Waals surface area contributed by atoms with E-state index in [2.05, 4.69) is 24.4 Å². The summed E-state index contributed by atoms with van der Waals surface area (Å²) in [6.45, 7) is 6.04. The second-order valence-corrected chi connectivity index (χ2v) is 10.9. The minimum atomic E-state index is -0.993. The van der Waals surface area contributed by atoms with E-state index in [1.807, 2.05) is 12.1 Å². The summed E-state index contributed by atoms with van der Waals surface area (Å²) in [7, 11) is 0. The van der Waals surface area contributed by atoms with Gasteiger partial charge in [-0.25, -0.2) is 9.78 Å². The van der Waals surface area contributed by atoms with E-state index in [-0.39, 0.29) is 23.8 Å². The highest BCUT2D eigenvalue weighted by Gasteiger charge is 2.32. The van der Waals surface area contributed by atoms with Crippen LogP contribution < -0.4 is 5.32 Å². The Kier molecular flexibility index (Phi) is 8.83. The lowest BCUT2D eigenvalue weighted by atomic mass is 9.86. The zero-order valence-electron chi connectivity index (χ0n) is 21.8. The molecule has 0 spiro atoms. The summed E-state index contributed by atoms with van der Waals surface area (Å²) in [6.07, 6.45) is 8.97. The maximum absolute atomic E-state index is 12.8. The third kappa shape index (κ3) is 6.55. The summed E-state index contributed by atoms with van der Waals surface area (Å²) in [5.74, 6) is 0.388. The van der Waals surface area contributed by atoms with E-state index in [0.29, 0.717) is 24.8 Å². The quantitative estimate of drug-likeness (QED) is 0.442. The van der Waals surface area contributed by atoms with Crippen molar-refractivity contribution in [3.63, 3.8) is 0 Å². The van der Waals surface area contributed by atoms with Gasteiger partial charge >= 0.3 is 5.97 Å². The number of nitrogens with zero attached hydrogens (tertiary/aromatic N) is 1. The van der Waals surface area contributed by atoms with Gasteiger partial charge in [0.15, 0.2) is 0 Å². The van der Waals surface area contributed by atoms with Crippen LogP contribution in [0, 0.1) is 18.8 Å². The molecule has 2 aliphatic rings. The van der Waals surface area contributed by atoms with Crippen LogP contribution in [0.15, 0.2) is 28.7 Å². The average Bonchev–Trinajstić information content (AvgIpc) is 3.31. The molecule has 1 amide bonds. The SMILES string of the molecule is Cc1ccc(-c2nc(COC3CCCC(C(=O)N[C@@H](C(=O)O)C(C)C)C3)c(C3CCCCC3)o2)cc1. The van der Waals surface area contributed by atoms with Crippen molar-refractivity contribution in [1.29, 1.82) is 0 Å². The molecule has 2 unspecified atom stereocenters. The minimum absolute atomic E-state index is 0.0597. The number of oxazole rings is 1. The molecular formula is C29H40N2O5. The number of carbonyl (C=O) groups is 2. The van der Waals surface area contributed by atoms with Gasteiger partial charge in [0, 0.05) is 17.4 Å². The lowest BCUT2D eigenvalue weighted by Gasteiger charge is -2.30. The van der Waals surface area contributed by atoms with E-state index in [9.17, 15) is 14.7 Å². The highest BCUT2D eigenvalue weighted by Crippen LogP contribution is 2.37. The Hall–Kier alpha value is -2.67. The van der Waals surface area contributed by atoms with E-state index in [1.54, 1.807) is 13.8 Å². The number of ether oxygens (including phenoxy) is 1. The van der Waals surface area contributed by atoms with Gasteiger partial charge in [0.2, 0.25) is 11.8 Å². The minimum Gasteiger partial charge on any atom is -0.480 e. The molecule has 7 nitrogen and oxygen atoms in total. The van der Waals surface area contributed by atoms with Crippen molar-refractivity contribution in [2.45, 2.75) is 103 Å². The Morgan fingerprint density at radius 3 is 2.47 bits per heavy atom. The van der Waals surface area contributed by atoms with E-state index in [1.165, 1.54) is 24.8 Å². The molecule has 2 fully saturated rings. The average molecular weight is 497 g/mol. The summed E-state index contributed by atoms with van der Waals surface area (Å²) >= 11 is 0. The van der Waals surface area contributed by atoms with E-state index < -0.39 is 12.0 Å². The number of hydrogen-bond donors (Lipinski definition) is 2. The highest BCUT2D eigenvalue weighted by molar-refractivity contribution is 5.85. The van der Waals surface area contributed by atoms with Crippen molar-refractivity contribution in [1.82, 2.24) is 10.3 Å². The third-order valence-electron chi connectivity index (χ3n) is 7.69. The number of rotatable bonds is 9. The number of aromatic nitrogens is 1. The molecule has 2 aromatic rings. The lowest BCUT2D eigenvalue weighted by molar-refractivity contribution is -0.144. The van der Waals surface area contributed by atoms with Crippen LogP contribution in [0.2, 0.25) is 0 Å². The molecular weight excluding hydrogens is 456 g/mol. The summed E-state index contributed by atoms with van der Waals surface area (Å²) in [5, 5.41) is 12.2. The Morgan fingerprint density at radius 1 is 1.08 bits per heavy atom. The smallest absolute Gasteiger partial charge is 0.326 e. The number of benzene rings is 1. The van der Waals surface area contributed by atoms with Gasteiger partial charge in [-0.05, 0) is 57.1 Å². The number of carboxylic acids is 1. The fraction of sp³-hybridized carbons (Fsp3) is 0.621. The molecule has 1 aromatic carbocycles. The Bertz CT molecular complexity index is 1020.